The Kier molecular flexibility index (Phi) is 4.01. The van der Waals surface area contributed by atoms with Crippen molar-refractivity contribution >= 4 is 17.3 Å². The van der Waals surface area contributed by atoms with Crippen molar-refractivity contribution in [2.24, 2.45) is 5.73 Å². The fourth-order valence-corrected chi connectivity index (χ4v) is 2.20. The van der Waals surface area contributed by atoms with Crippen LogP contribution in [0.3, 0.4) is 0 Å². The first-order valence-corrected chi connectivity index (χ1v) is 6.41. The predicted octanol–water partition coefficient (Wildman–Crippen LogP) is 2.55. The number of aromatic nitrogens is 3. The van der Waals surface area contributed by atoms with Crippen molar-refractivity contribution in [1.82, 2.24) is 14.8 Å². The summed E-state index contributed by atoms with van der Waals surface area (Å²) in [4.78, 5) is 10.7. The van der Waals surface area contributed by atoms with Gasteiger partial charge in [0.1, 0.15) is 5.82 Å². The second-order valence-corrected chi connectivity index (χ2v) is 4.96. The lowest BCUT2D eigenvalue weighted by molar-refractivity contribution is -0.384. The monoisotopic (exact) mass is 295 g/mol. The predicted molar refractivity (Wildman–Crippen MR) is 75.4 cm³/mol. The highest BCUT2D eigenvalue weighted by molar-refractivity contribution is 6.30. The molecule has 2 N–H and O–H groups in total. The van der Waals surface area contributed by atoms with E-state index in [2.05, 4.69) is 10.2 Å². The number of nitro groups is 1. The molecule has 7 nitrogen and oxygen atoms in total. The molecular formula is C12H14ClN5O2. The molecule has 2 aromatic rings. The van der Waals surface area contributed by atoms with Gasteiger partial charge < -0.3 is 10.3 Å². The Bertz CT molecular complexity index is 653. The summed E-state index contributed by atoms with van der Waals surface area (Å²) in [6.07, 6.45) is 0. The summed E-state index contributed by atoms with van der Waals surface area (Å²) in [5, 5.41) is 19.5. The standard InChI is InChI=1S/C12H14ClN5O2/c1-7(2)17-11(6-14)15-16-12(17)9-4-3-8(13)5-10(9)18(19)20/h3-5,7H,6,14H2,1-2H3. The third kappa shape index (κ3) is 2.50. The molecule has 20 heavy (non-hydrogen) atoms. The van der Waals surface area contributed by atoms with Gasteiger partial charge in [-0.1, -0.05) is 11.6 Å². The minimum absolute atomic E-state index is 0.0360. The average molecular weight is 296 g/mol. The lowest BCUT2D eigenvalue weighted by atomic mass is 10.1. The molecule has 106 valence electrons. The van der Waals surface area contributed by atoms with Gasteiger partial charge in [0, 0.05) is 17.1 Å². The Hall–Kier alpha value is -1.99. The highest BCUT2D eigenvalue weighted by Gasteiger charge is 2.23. The van der Waals surface area contributed by atoms with Gasteiger partial charge in [-0.15, -0.1) is 10.2 Å². The Morgan fingerprint density at radius 1 is 1.45 bits per heavy atom. The summed E-state index contributed by atoms with van der Waals surface area (Å²) < 4.78 is 1.79. The lowest BCUT2D eigenvalue weighted by Gasteiger charge is -2.13. The van der Waals surface area contributed by atoms with Crippen molar-refractivity contribution in [3.8, 4) is 11.4 Å². The molecule has 0 aliphatic heterocycles. The maximum absolute atomic E-state index is 11.2. The molecule has 0 saturated carbocycles. The molecule has 0 aliphatic rings. The summed E-state index contributed by atoms with van der Waals surface area (Å²) in [5.74, 6) is 1.00. The highest BCUT2D eigenvalue weighted by atomic mass is 35.5. The highest BCUT2D eigenvalue weighted by Crippen LogP contribution is 2.32. The van der Waals surface area contributed by atoms with Crippen molar-refractivity contribution in [3.05, 3.63) is 39.2 Å². The molecule has 2 rings (SSSR count). The van der Waals surface area contributed by atoms with Crippen LogP contribution in [-0.4, -0.2) is 19.7 Å². The summed E-state index contributed by atoms with van der Waals surface area (Å²) in [6, 6.07) is 4.50. The molecule has 0 aliphatic carbocycles. The first kappa shape index (κ1) is 14.4. The fourth-order valence-electron chi connectivity index (χ4n) is 2.03. The number of benzene rings is 1. The normalized spacial score (nSPS) is 11.1. The van der Waals surface area contributed by atoms with Gasteiger partial charge in [0.2, 0.25) is 0 Å². The van der Waals surface area contributed by atoms with Gasteiger partial charge in [0.05, 0.1) is 17.0 Å². The van der Waals surface area contributed by atoms with Crippen LogP contribution in [-0.2, 0) is 6.54 Å². The van der Waals surface area contributed by atoms with E-state index in [4.69, 9.17) is 17.3 Å². The fraction of sp³-hybridized carbons (Fsp3) is 0.333. The molecule has 0 amide bonds. The number of hydrogen-bond acceptors (Lipinski definition) is 5. The molecule has 8 heteroatoms. The maximum Gasteiger partial charge on any atom is 0.281 e. The average Bonchev–Trinajstić information content (AvgIpc) is 2.82. The minimum Gasteiger partial charge on any atom is -0.324 e. The van der Waals surface area contributed by atoms with Crippen molar-refractivity contribution in [2.75, 3.05) is 0 Å². The SMILES string of the molecule is CC(C)n1c(CN)nnc1-c1ccc(Cl)cc1[N+](=O)[O-]. The Morgan fingerprint density at radius 3 is 2.70 bits per heavy atom. The molecule has 0 fully saturated rings. The van der Waals surface area contributed by atoms with Crippen LogP contribution in [0.5, 0.6) is 0 Å². The number of nitrogens with two attached hydrogens (primary N) is 1. The third-order valence-corrected chi connectivity index (χ3v) is 3.10. The number of halogens is 1. The summed E-state index contributed by atoms with van der Waals surface area (Å²) in [7, 11) is 0. The molecule has 0 atom stereocenters. The smallest absolute Gasteiger partial charge is 0.281 e. The van der Waals surface area contributed by atoms with Gasteiger partial charge >= 0.3 is 0 Å². The van der Waals surface area contributed by atoms with E-state index >= 15 is 0 Å². The minimum atomic E-state index is -0.483. The van der Waals surface area contributed by atoms with E-state index in [1.54, 1.807) is 16.7 Å². The second kappa shape index (κ2) is 5.56. The molecule has 0 saturated heterocycles. The number of nitrogens with zero attached hydrogens (tertiary/aromatic N) is 4. The number of hydrogen-bond donors (Lipinski definition) is 1. The van der Waals surface area contributed by atoms with Crippen molar-refractivity contribution in [1.29, 1.82) is 0 Å². The van der Waals surface area contributed by atoms with Gasteiger partial charge in [0.25, 0.3) is 5.69 Å². The van der Waals surface area contributed by atoms with Crippen LogP contribution in [0, 0.1) is 10.1 Å². The van der Waals surface area contributed by atoms with E-state index in [1.165, 1.54) is 6.07 Å². The Balaban J connectivity index is 2.69. The molecular weight excluding hydrogens is 282 g/mol. The Morgan fingerprint density at radius 2 is 2.15 bits per heavy atom. The van der Waals surface area contributed by atoms with E-state index in [-0.39, 0.29) is 18.3 Å². The maximum atomic E-state index is 11.2. The molecule has 1 aromatic carbocycles. The summed E-state index contributed by atoms with van der Waals surface area (Å²) >= 11 is 5.82. The van der Waals surface area contributed by atoms with Crippen LogP contribution >= 0.6 is 11.6 Å². The van der Waals surface area contributed by atoms with E-state index in [0.717, 1.165) is 0 Å². The summed E-state index contributed by atoms with van der Waals surface area (Å²) in [6.45, 7) is 4.09. The van der Waals surface area contributed by atoms with E-state index in [1.807, 2.05) is 13.8 Å². The largest absolute Gasteiger partial charge is 0.324 e. The lowest BCUT2D eigenvalue weighted by Crippen LogP contribution is -2.12. The first-order valence-electron chi connectivity index (χ1n) is 6.03. The third-order valence-electron chi connectivity index (χ3n) is 2.86. The van der Waals surface area contributed by atoms with Crippen LogP contribution in [0.2, 0.25) is 5.02 Å². The zero-order valence-corrected chi connectivity index (χ0v) is 11.8. The van der Waals surface area contributed by atoms with Crippen LogP contribution in [0.25, 0.3) is 11.4 Å². The van der Waals surface area contributed by atoms with Gasteiger partial charge in [0.15, 0.2) is 5.82 Å². The number of nitro benzene ring substituents is 1. The van der Waals surface area contributed by atoms with Gasteiger partial charge in [-0.25, -0.2) is 0 Å². The zero-order chi connectivity index (χ0) is 14.9. The Labute approximate surface area is 120 Å². The van der Waals surface area contributed by atoms with Crippen molar-refractivity contribution < 1.29 is 4.92 Å². The molecule has 0 unspecified atom stereocenters. The zero-order valence-electron chi connectivity index (χ0n) is 11.1. The van der Waals surface area contributed by atoms with Crippen molar-refractivity contribution in [3.63, 3.8) is 0 Å². The molecule has 1 aromatic heterocycles. The second-order valence-electron chi connectivity index (χ2n) is 4.53. The topological polar surface area (TPSA) is 99.9 Å². The van der Waals surface area contributed by atoms with Gasteiger partial charge in [-0.05, 0) is 26.0 Å². The van der Waals surface area contributed by atoms with Crippen LogP contribution < -0.4 is 5.73 Å². The molecule has 0 spiro atoms. The van der Waals surface area contributed by atoms with Crippen molar-refractivity contribution in [2.45, 2.75) is 26.4 Å². The van der Waals surface area contributed by atoms with Gasteiger partial charge in [-0.2, -0.15) is 0 Å². The van der Waals surface area contributed by atoms with E-state index in [9.17, 15) is 10.1 Å². The van der Waals surface area contributed by atoms with Crippen LogP contribution in [0.15, 0.2) is 18.2 Å². The van der Waals surface area contributed by atoms with Gasteiger partial charge in [-0.3, -0.25) is 10.1 Å². The quantitative estimate of drug-likeness (QED) is 0.690. The first-order chi connectivity index (χ1) is 9.45. The van der Waals surface area contributed by atoms with Crippen LogP contribution in [0.1, 0.15) is 25.7 Å². The molecule has 1 heterocycles. The van der Waals surface area contributed by atoms with Crippen LogP contribution in [0.4, 0.5) is 5.69 Å². The molecule has 0 radical (unpaired) electrons. The summed E-state index contributed by atoms with van der Waals surface area (Å²) in [5.41, 5.74) is 5.90. The molecule has 0 bridgehead atoms. The van der Waals surface area contributed by atoms with E-state index < -0.39 is 4.92 Å². The number of rotatable bonds is 4. The van der Waals surface area contributed by atoms with E-state index in [0.29, 0.717) is 22.2 Å².